The SMILES string of the molecule is CC1(C)CN(Cc2c(Cl)ccc(O)c2Cl)CCO1. The van der Waals surface area contributed by atoms with Gasteiger partial charge in [-0.3, -0.25) is 4.90 Å². The van der Waals surface area contributed by atoms with E-state index in [2.05, 4.69) is 18.7 Å². The summed E-state index contributed by atoms with van der Waals surface area (Å²) in [4.78, 5) is 2.23. The van der Waals surface area contributed by atoms with Crippen molar-refractivity contribution in [1.29, 1.82) is 0 Å². The molecule has 0 bridgehead atoms. The number of hydrogen-bond acceptors (Lipinski definition) is 3. The molecule has 0 radical (unpaired) electrons. The summed E-state index contributed by atoms with van der Waals surface area (Å²) in [5.41, 5.74) is 0.615. The van der Waals surface area contributed by atoms with Gasteiger partial charge in [-0.15, -0.1) is 0 Å². The molecule has 1 saturated heterocycles. The molecular weight excluding hydrogens is 273 g/mol. The Morgan fingerprint density at radius 1 is 1.39 bits per heavy atom. The number of morpholine rings is 1. The van der Waals surface area contributed by atoms with E-state index in [4.69, 9.17) is 27.9 Å². The Labute approximate surface area is 117 Å². The van der Waals surface area contributed by atoms with Gasteiger partial charge in [0.05, 0.1) is 17.2 Å². The molecule has 1 aromatic rings. The average Bonchev–Trinajstić information content (AvgIpc) is 2.28. The third kappa shape index (κ3) is 3.09. The highest BCUT2D eigenvalue weighted by Gasteiger charge is 2.28. The average molecular weight is 290 g/mol. The van der Waals surface area contributed by atoms with Gasteiger partial charge in [-0.05, 0) is 26.0 Å². The number of ether oxygens (including phenoxy) is 1. The maximum atomic E-state index is 9.62. The first-order valence-electron chi connectivity index (χ1n) is 5.91. The van der Waals surface area contributed by atoms with Gasteiger partial charge < -0.3 is 9.84 Å². The molecule has 0 aliphatic carbocycles. The number of phenolic OH excluding ortho intramolecular Hbond substituents is 1. The zero-order valence-electron chi connectivity index (χ0n) is 10.5. The highest BCUT2D eigenvalue weighted by Crippen LogP contribution is 2.34. The minimum Gasteiger partial charge on any atom is -0.506 e. The van der Waals surface area contributed by atoms with Crippen LogP contribution in [-0.2, 0) is 11.3 Å². The first-order valence-corrected chi connectivity index (χ1v) is 6.67. The molecule has 0 unspecified atom stereocenters. The van der Waals surface area contributed by atoms with Gasteiger partial charge in [-0.1, -0.05) is 23.2 Å². The van der Waals surface area contributed by atoms with E-state index in [0.717, 1.165) is 18.7 Å². The molecule has 100 valence electrons. The lowest BCUT2D eigenvalue weighted by Crippen LogP contribution is -2.47. The van der Waals surface area contributed by atoms with E-state index < -0.39 is 0 Å². The predicted molar refractivity (Wildman–Crippen MR) is 73.4 cm³/mol. The van der Waals surface area contributed by atoms with E-state index in [1.165, 1.54) is 6.07 Å². The number of nitrogens with zero attached hydrogens (tertiary/aromatic N) is 1. The van der Waals surface area contributed by atoms with E-state index in [0.29, 0.717) is 23.2 Å². The van der Waals surface area contributed by atoms with E-state index >= 15 is 0 Å². The minimum atomic E-state index is -0.159. The van der Waals surface area contributed by atoms with E-state index in [1.54, 1.807) is 6.07 Å². The van der Waals surface area contributed by atoms with Gasteiger partial charge >= 0.3 is 0 Å². The second kappa shape index (κ2) is 5.25. The standard InChI is InChI=1S/C13H17Cl2NO2/c1-13(2)8-16(5-6-18-13)7-9-10(14)3-4-11(17)12(9)15/h3-4,17H,5-8H2,1-2H3. The van der Waals surface area contributed by atoms with Crippen LogP contribution in [0.25, 0.3) is 0 Å². The Hall–Kier alpha value is -0.480. The van der Waals surface area contributed by atoms with Gasteiger partial charge in [-0.25, -0.2) is 0 Å². The Kier molecular flexibility index (Phi) is 4.07. The maximum Gasteiger partial charge on any atom is 0.134 e. The van der Waals surface area contributed by atoms with Crippen molar-refractivity contribution >= 4 is 23.2 Å². The number of rotatable bonds is 2. The fourth-order valence-corrected chi connectivity index (χ4v) is 2.69. The van der Waals surface area contributed by atoms with E-state index in [9.17, 15) is 5.11 Å². The van der Waals surface area contributed by atoms with Gasteiger partial charge in [0.25, 0.3) is 0 Å². The summed E-state index contributed by atoms with van der Waals surface area (Å²) in [5.74, 6) is 0.0728. The molecule has 0 spiro atoms. The Balaban J connectivity index is 2.17. The van der Waals surface area contributed by atoms with Crippen molar-refractivity contribution in [1.82, 2.24) is 4.90 Å². The molecule has 0 atom stereocenters. The van der Waals surface area contributed by atoms with Gasteiger partial charge in [0.15, 0.2) is 0 Å². The van der Waals surface area contributed by atoms with Crippen LogP contribution in [0.4, 0.5) is 0 Å². The van der Waals surface area contributed by atoms with Crippen LogP contribution in [0.2, 0.25) is 10.0 Å². The van der Waals surface area contributed by atoms with Crippen LogP contribution in [0.5, 0.6) is 5.75 Å². The summed E-state index contributed by atoms with van der Waals surface area (Å²) < 4.78 is 5.66. The van der Waals surface area contributed by atoms with Gasteiger partial charge in [0.1, 0.15) is 5.75 Å². The number of benzene rings is 1. The summed E-state index contributed by atoms with van der Waals surface area (Å²) in [5, 5.41) is 10.5. The zero-order valence-corrected chi connectivity index (χ0v) is 12.1. The Bertz CT molecular complexity index is 449. The molecule has 1 aromatic carbocycles. The van der Waals surface area contributed by atoms with E-state index in [-0.39, 0.29) is 11.4 Å². The fraction of sp³-hybridized carbons (Fsp3) is 0.538. The molecule has 1 fully saturated rings. The van der Waals surface area contributed by atoms with Gasteiger partial charge in [0.2, 0.25) is 0 Å². The normalized spacial score (nSPS) is 20.0. The topological polar surface area (TPSA) is 32.7 Å². The maximum absolute atomic E-state index is 9.62. The first kappa shape index (κ1) is 13.9. The third-order valence-corrected chi connectivity index (χ3v) is 3.83. The molecule has 1 aliphatic rings. The summed E-state index contributed by atoms with van der Waals surface area (Å²) in [6, 6.07) is 3.18. The highest BCUT2D eigenvalue weighted by atomic mass is 35.5. The third-order valence-electron chi connectivity index (χ3n) is 3.05. The van der Waals surface area contributed by atoms with Gasteiger partial charge in [-0.2, -0.15) is 0 Å². The highest BCUT2D eigenvalue weighted by molar-refractivity contribution is 6.36. The molecule has 1 N–H and O–H groups in total. The lowest BCUT2D eigenvalue weighted by atomic mass is 10.1. The van der Waals surface area contributed by atoms with Crippen LogP contribution >= 0.6 is 23.2 Å². The molecule has 18 heavy (non-hydrogen) atoms. The monoisotopic (exact) mass is 289 g/mol. The van der Waals surface area contributed by atoms with Crippen LogP contribution in [0.15, 0.2) is 12.1 Å². The molecule has 0 amide bonds. The number of halogens is 2. The zero-order chi connectivity index (χ0) is 13.3. The molecule has 2 rings (SSSR count). The molecule has 0 aromatic heterocycles. The minimum absolute atomic E-state index is 0.0728. The van der Waals surface area contributed by atoms with Crippen molar-refractivity contribution in [3.8, 4) is 5.75 Å². The summed E-state index contributed by atoms with van der Waals surface area (Å²) in [7, 11) is 0. The smallest absolute Gasteiger partial charge is 0.134 e. The van der Waals surface area contributed by atoms with Crippen molar-refractivity contribution in [3.63, 3.8) is 0 Å². The van der Waals surface area contributed by atoms with Crippen LogP contribution < -0.4 is 0 Å². The van der Waals surface area contributed by atoms with Crippen LogP contribution in [-0.4, -0.2) is 35.3 Å². The second-order valence-corrected chi connectivity index (χ2v) is 5.96. The van der Waals surface area contributed by atoms with E-state index in [1.807, 2.05) is 0 Å². The quantitative estimate of drug-likeness (QED) is 0.907. The van der Waals surface area contributed by atoms with Gasteiger partial charge in [0, 0.05) is 30.2 Å². The largest absolute Gasteiger partial charge is 0.506 e. The molecule has 3 nitrogen and oxygen atoms in total. The van der Waals surface area contributed by atoms with Crippen molar-refractivity contribution in [3.05, 3.63) is 27.7 Å². The molecule has 5 heteroatoms. The lowest BCUT2D eigenvalue weighted by molar-refractivity contribution is -0.0882. The van der Waals surface area contributed by atoms with Crippen molar-refractivity contribution < 1.29 is 9.84 Å². The molecule has 1 heterocycles. The van der Waals surface area contributed by atoms with Crippen molar-refractivity contribution in [2.75, 3.05) is 19.7 Å². The van der Waals surface area contributed by atoms with Crippen molar-refractivity contribution in [2.45, 2.75) is 26.0 Å². The Morgan fingerprint density at radius 2 is 2.11 bits per heavy atom. The van der Waals surface area contributed by atoms with Crippen LogP contribution in [0, 0.1) is 0 Å². The molecular formula is C13H17Cl2NO2. The lowest BCUT2D eigenvalue weighted by Gasteiger charge is -2.38. The fourth-order valence-electron chi connectivity index (χ4n) is 2.20. The van der Waals surface area contributed by atoms with Crippen molar-refractivity contribution in [2.24, 2.45) is 0 Å². The molecule has 0 saturated carbocycles. The predicted octanol–water partition coefficient (Wildman–Crippen LogP) is 3.31. The Morgan fingerprint density at radius 3 is 2.78 bits per heavy atom. The van der Waals surface area contributed by atoms with Crippen LogP contribution in [0.1, 0.15) is 19.4 Å². The number of aromatic hydroxyl groups is 1. The number of phenols is 1. The summed E-state index contributed by atoms with van der Waals surface area (Å²) in [6.07, 6.45) is 0. The summed E-state index contributed by atoms with van der Waals surface area (Å²) >= 11 is 12.2. The first-order chi connectivity index (χ1) is 8.39. The number of hydrogen-bond donors (Lipinski definition) is 1. The van der Waals surface area contributed by atoms with Crippen LogP contribution in [0.3, 0.4) is 0 Å². The molecule has 1 aliphatic heterocycles. The second-order valence-electron chi connectivity index (χ2n) is 5.18. The summed E-state index contributed by atoms with van der Waals surface area (Å²) in [6.45, 7) is 7.09.